The molecule has 1 aromatic heterocycles. The minimum atomic E-state index is 0.139. The van der Waals surface area contributed by atoms with Gasteiger partial charge < -0.3 is 16.2 Å². The first-order valence-electron chi connectivity index (χ1n) is 3.84. The van der Waals surface area contributed by atoms with Gasteiger partial charge in [0.15, 0.2) is 0 Å². The maximum Gasteiger partial charge on any atom is 0.220 e. The number of nitrogens with zero attached hydrogens (tertiary/aromatic N) is 2. The molecule has 0 bridgehead atoms. The van der Waals surface area contributed by atoms with Gasteiger partial charge in [0.2, 0.25) is 5.88 Å². The molecule has 1 aliphatic heterocycles. The van der Waals surface area contributed by atoms with Crippen molar-refractivity contribution >= 4 is 11.5 Å². The second kappa shape index (κ2) is 2.52. The van der Waals surface area contributed by atoms with Gasteiger partial charge in [-0.25, -0.2) is 0 Å². The summed E-state index contributed by atoms with van der Waals surface area (Å²) in [6.45, 7) is 0.556. The maximum atomic E-state index is 8.74. The first-order chi connectivity index (χ1) is 6.24. The highest BCUT2D eigenvalue weighted by molar-refractivity contribution is 5.70. The van der Waals surface area contributed by atoms with Crippen LogP contribution in [-0.4, -0.2) is 11.6 Å². The number of fused-ring (bicyclic) bond motifs is 1. The van der Waals surface area contributed by atoms with Gasteiger partial charge in [-0.15, -0.1) is 0 Å². The van der Waals surface area contributed by atoms with Crippen LogP contribution in [0.15, 0.2) is 0 Å². The Labute approximate surface area is 74.9 Å². The summed E-state index contributed by atoms with van der Waals surface area (Å²) in [5.74, 6) is 0.606. The Morgan fingerprint density at radius 3 is 2.92 bits per heavy atom. The van der Waals surface area contributed by atoms with Gasteiger partial charge in [0, 0.05) is 12.0 Å². The van der Waals surface area contributed by atoms with Crippen LogP contribution in [0.3, 0.4) is 0 Å². The lowest BCUT2D eigenvalue weighted by Crippen LogP contribution is -2.03. The lowest BCUT2D eigenvalue weighted by Gasteiger charge is -2.05. The molecule has 5 heteroatoms. The average Bonchev–Trinajstić information content (AvgIpc) is 2.53. The second-order valence-corrected chi connectivity index (χ2v) is 2.78. The molecule has 5 nitrogen and oxygen atoms in total. The Balaban J connectivity index is 2.71. The van der Waals surface area contributed by atoms with E-state index in [1.54, 1.807) is 0 Å². The Morgan fingerprint density at radius 2 is 2.23 bits per heavy atom. The van der Waals surface area contributed by atoms with Crippen molar-refractivity contribution in [2.24, 2.45) is 0 Å². The average molecular weight is 176 g/mol. The lowest BCUT2D eigenvalue weighted by atomic mass is 10.1. The molecule has 1 aromatic rings. The van der Waals surface area contributed by atoms with Gasteiger partial charge in [0.1, 0.15) is 17.5 Å². The molecule has 66 valence electrons. The fraction of sp³-hybridized carbons (Fsp3) is 0.250. The van der Waals surface area contributed by atoms with Gasteiger partial charge in [-0.2, -0.15) is 10.2 Å². The molecule has 0 aromatic carbocycles. The van der Waals surface area contributed by atoms with Crippen molar-refractivity contribution in [2.45, 2.75) is 6.42 Å². The van der Waals surface area contributed by atoms with Crippen molar-refractivity contribution < 1.29 is 4.74 Å². The number of ether oxygens (including phenoxy) is 1. The fourth-order valence-corrected chi connectivity index (χ4v) is 1.37. The minimum absolute atomic E-state index is 0.139. The third kappa shape index (κ3) is 0.957. The van der Waals surface area contributed by atoms with Crippen LogP contribution in [0.1, 0.15) is 11.1 Å². The second-order valence-electron chi connectivity index (χ2n) is 2.78. The molecule has 0 spiro atoms. The van der Waals surface area contributed by atoms with Crippen molar-refractivity contribution in [3.05, 3.63) is 11.1 Å². The molecule has 13 heavy (non-hydrogen) atoms. The van der Waals surface area contributed by atoms with E-state index in [-0.39, 0.29) is 11.4 Å². The number of hydrogen-bond acceptors (Lipinski definition) is 5. The van der Waals surface area contributed by atoms with Gasteiger partial charge in [0.05, 0.1) is 12.3 Å². The van der Waals surface area contributed by atoms with E-state index in [2.05, 4.69) is 4.98 Å². The quantitative estimate of drug-likeness (QED) is 0.582. The Hall–Kier alpha value is -1.96. The molecule has 2 heterocycles. The zero-order chi connectivity index (χ0) is 9.42. The summed E-state index contributed by atoms with van der Waals surface area (Å²) < 4.78 is 5.18. The highest BCUT2D eigenvalue weighted by Gasteiger charge is 2.21. The van der Waals surface area contributed by atoms with Gasteiger partial charge in [-0.3, -0.25) is 0 Å². The van der Waals surface area contributed by atoms with E-state index in [1.807, 2.05) is 6.07 Å². The van der Waals surface area contributed by atoms with Crippen LogP contribution in [0.2, 0.25) is 0 Å². The van der Waals surface area contributed by atoms with Crippen molar-refractivity contribution in [3.8, 4) is 11.9 Å². The van der Waals surface area contributed by atoms with Crippen molar-refractivity contribution in [1.29, 1.82) is 5.26 Å². The summed E-state index contributed by atoms with van der Waals surface area (Å²) in [5.41, 5.74) is 12.7. The predicted octanol–water partition coefficient (Wildman–Crippen LogP) is 0.0526. The molecule has 0 unspecified atom stereocenters. The number of rotatable bonds is 0. The van der Waals surface area contributed by atoms with Crippen LogP contribution in [0.25, 0.3) is 0 Å². The van der Waals surface area contributed by atoms with E-state index in [1.165, 1.54) is 0 Å². The minimum Gasteiger partial charge on any atom is -0.477 e. The molecular formula is C8H8N4O. The molecule has 4 N–H and O–H groups in total. The molecule has 0 aliphatic carbocycles. The van der Waals surface area contributed by atoms with Crippen molar-refractivity contribution in [1.82, 2.24) is 4.98 Å². The number of pyridine rings is 1. The van der Waals surface area contributed by atoms with Crippen LogP contribution in [0.5, 0.6) is 5.88 Å². The standard InChI is InChI=1S/C8H8N4O/c9-3-5-6(10)4-1-2-13-8(4)12-7(5)11/h1-2H2,(H4,10,11,12). The number of nitrogen functional groups attached to an aromatic ring is 2. The molecule has 1 aliphatic rings. The van der Waals surface area contributed by atoms with E-state index in [0.29, 0.717) is 24.6 Å². The van der Waals surface area contributed by atoms with E-state index < -0.39 is 0 Å². The predicted molar refractivity (Wildman–Crippen MR) is 47.0 cm³/mol. The fourth-order valence-electron chi connectivity index (χ4n) is 1.37. The Kier molecular flexibility index (Phi) is 1.49. The third-order valence-electron chi connectivity index (χ3n) is 2.03. The van der Waals surface area contributed by atoms with Crippen LogP contribution in [0.4, 0.5) is 11.5 Å². The highest BCUT2D eigenvalue weighted by atomic mass is 16.5. The molecule has 0 amide bonds. The highest BCUT2D eigenvalue weighted by Crippen LogP contribution is 2.32. The monoisotopic (exact) mass is 176 g/mol. The van der Waals surface area contributed by atoms with Gasteiger partial charge in [0.25, 0.3) is 0 Å². The zero-order valence-corrected chi connectivity index (χ0v) is 6.87. The van der Waals surface area contributed by atoms with Crippen molar-refractivity contribution in [3.63, 3.8) is 0 Å². The lowest BCUT2D eigenvalue weighted by molar-refractivity contribution is 0.345. The van der Waals surface area contributed by atoms with Crippen LogP contribution >= 0.6 is 0 Å². The molecule has 0 radical (unpaired) electrons. The molecule has 2 rings (SSSR count). The van der Waals surface area contributed by atoms with E-state index in [0.717, 1.165) is 5.56 Å². The SMILES string of the molecule is N#Cc1c(N)nc2c(c1N)CCO2. The summed E-state index contributed by atoms with van der Waals surface area (Å²) in [4.78, 5) is 3.94. The molecule has 0 saturated heterocycles. The maximum absolute atomic E-state index is 8.74. The summed E-state index contributed by atoms with van der Waals surface area (Å²) in [5, 5.41) is 8.74. The summed E-state index contributed by atoms with van der Waals surface area (Å²) in [7, 11) is 0. The van der Waals surface area contributed by atoms with Gasteiger partial charge in [-0.1, -0.05) is 0 Å². The largest absolute Gasteiger partial charge is 0.477 e. The van der Waals surface area contributed by atoms with E-state index >= 15 is 0 Å². The number of nitrogens with two attached hydrogens (primary N) is 2. The Morgan fingerprint density at radius 1 is 1.46 bits per heavy atom. The zero-order valence-electron chi connectivity index (χ0n) is 6.87. The third-order valence-corrected chi connectivity index (χ3v) is 2.03. The Bertz CT molecular complexity index is 407. The van der Waals surface area contributed by atoms with E-state index in [9.17, 15) is 0 Å². The smallest absolute Gasteiger partial charge is 0.220 e. The number of aromatic nitrogens is 1. The van der Waals surface area contributed by atoms with Crippen LogP contribution in [0, 0.1) is 11.3 Å². The first kappa shape index (κ1) is 7.68. The molecular weight excluding hydrogens is 168 g/mol. The summed E-state index contributed by atoms with van der Waals surface area (Å²) >= 11 is 0. The van der Waals surface area contributed by atoms with Gasteiger partial charge >= 0.3 is 0 Å². The van der Waals surface area contributed by atoms with Gasteiger partial charge in [-0.05, 0) is 0 Å². The molecule has 0 atom stereocenters. The number of hydrogen-bond donors (Lipinski definition) is 2. The first-order valence-corrected chi connectivity index (χ1v) is 3.84. The number of nitriles is 1. The molecule has 0 fully saturated rings. The topological polar surface area (TPSA) is 98.0 Å². The van der Waals surface area contributed by atoms with Crippen molar-refractivity contribution in [2.75, 3.05) is 18.1 Å². The summed E-state index contributed by atoms with van der Waals surface area (Å²) in [6.07, 6.45) is 0.698. The normalized spacial score (nSPS) is 13.2. The van der Waals surface area contributed by atoms with Crippen LogP contribution < -0.4 is 16.2 Å². The summed E-state index contributed by atoms with van der Waals surface area (Å²) in [6, 6.07) is 1.93. The number of anilines is 2. The van der Waals surface area contributed by atoms with E-state index in [4.69, 9.17) is 21.5 Å². The van der Waals surface area contributed by atoms with Crippen LogP contribution in [-0.2, 0) is 6.42 Å². The molecule has 0 saturated carbocycles.